The van der Waals surface area contributed by atoms with E-state index in [0.29, 0.717) is 35.5 Å². The average molecular weight is 520 g/mol. The van der Waals surface area contributed by atoms with E-state index in [-0.39, 0.29) is 54.1 Å². The highest BCUT2D eigenvalue weighted by Gasteiger charge is 2.72. The molecule has 190 valence electrons. The smallest absolute Gasteiger partial charge is 0.374 e. The number of carbonyl (C=O) groups is 2. The number of nitrogens with zero attached hydrogens (tertiary/aromatic N) is 4. The number of piperidine rings is 1. The number of likely N-dealkylation sites (tertiary alicyclic amines) is 1. The number of rotatable bonds is 5. The molecule has 2 aliphatic heterocycles. The molecule has 3 aliphatic rings. The minimum atomic E-state index is -4.59. The molecule has 12 heteroatoms. The first-order chi connectivity index (χ1) is 17.1. The van der Waals surface area contributed by atoms with Gasteiger partial charge in [0.25, 0.3) is 0 Å². The van der Waals surface area contributed by atoms with E-state index < -0.39 is 11.9 Å². The summed E-state index contributed by atoms with van der Waals surface area (Å²) in [5, 5.41) is 3.19. The van der Waals surface area contributed by atoms with Gasteiger partial charge in [-0.3, -0.25) is 19.5 Å². The van der Waals surface area contributed by atoms with Crippen molar-refractivity contribution in [3.05, 3.63) is 35.1 Å². The van der Waals surface area contributed by atoms with E-state index in [1.165, 1.54) is 27.0 Å². The van der Waals surface area contributed by atoms with Crippen LogP contribution in [0, 0.1) is 17.3 Å². The minimum absolute atomic E-state index is 0.130. The molecule has 0 bridgehead atoms. The fourth-order valence-electron chi connectivity index (χ4n) is 5.42. The Morgan fingerprint density at radius 2 is 2.00 bits per heavy atom. The molecule has 8 nitrogen and oxygen atoms in total. The number of morpholine rings is 1. The number of pyridine rings is 1. The normalized spacial score (nSPS) is 25.6. The largest absolute Gasteiger partial charge is 0.434 e. The van der Waals surface area contributed by atoms with Gasteiger partial charge in [-0.2, -0.15) is 13.2 Å². The molecule has 0 aromatic carbocycles. The van der Waals surface area contributed by atoms with Crippen molar-refractivity contribution < 1.29 is 27.5 Å². The summed E-state index contributed by atoms with van der Waals surface area (Å²) in [4.78, 5) is 35.9. The first-order valence-electron chi connectivity index (χ1n) is 11.8. The molecule has 2 amide bonds. The van der Waals surface area contributed by atoms with Gasteiger partial charge < -0.3 is 14.6 Å². The van der Waals surface area contributed by atoms with Crippen molar-refractivity contribution in [3.63, 3.8) is 0 Å². The van der Waals surface area contributed by atoms with Crippen LogP contribution < -0.4 is 5.32 Å². The van der Waals surface area contributed by atoms with Gasteiger partial charge in [0.05, 0.1) is 47.9 Å². The molecule has 2 saturated heterocycles. The Hall–Kier alpha value is -2.83. The Morgan fingerprint density at radius 3 is 2.67 bits per heavy atom. The summed E-state index contributed by atoms with van der Waals surface area (Å²) in [6, 6.07) is 3.43. The minimum Gasteiger partial charge on any atom is -0.374 e. The molecule has 2 unspecified atom stereocenters. The number of aromatic nitrogens is 3. The summed E-state index contributed by atoms with van der Waals surface area (Å²) in [5.74, 6) is -0.677. The second-order valence-electron chi connectivity index (χ2n) is 10.1. The van der Waals surface area contributed by atoms with Gasteiger partial charge in [0.2, 0.25) is 11.8 Å². The zero-order valence-corrected chi connectivity index (χ0v) is 20.4. The number of imide groups is 1. The van der Waals surface area contributed by atoms with E-state index in [4.69, 9.17) is 4.74 Å². The van der Waals surface area contributed by atoms with E-state index in [1.807, 2.05) is 13.8 Å². The second-order valence-corrected chi connectivity index (χ2v) is 11.3. The van der Waals surface area contributed by atoms with Crippen LogP contribution in [0.4, 0.5) is 13.2 Å². The standard InChI is InChI=1S/C24H24F3N5O3S/c1-23(2)17-18(23)22(34)32(21(17)33)10-13-7-15-19(36-13)14(3-4-29-15)20-30-16(24(25,26)27)11-31(20)9-12-8-28-5-6-35-12/h3-4,7,11-12,17-18,28H,5-6,8-10H2,1-2H3/t12-,17?,18?/m0/s1. The molecular formula is C24H24F3N5O3S. The van der Waals surface area contributed by atoms with Crippen molar-refractivity contribution in [3.8, 4) is 11.4 Å². The van der Waals surface area contributed by atoms with E-state index in [1.54, 1.807) is 12.1 Å². The molecule has 3 aromatic rings. The Kier molecular flexibility index (Phi) is 5.29. The van der Waals surface area contributed by atoms with E-state index >= 15 is 0 Å². The predicted molar refractivity (Wildman–Crippen MR) is 125 cm³/mol. The van der Waals surface area contributed by atoms with Crippen LogP contribution in [0.5, 0.6) is 0 Å². The van der Waals surface area contributed by atoms with Crippen molar-refractivity contribution in [2.24, 2.45) is 17.3 Å². The number of hydrogen-bond acceptors (Lipinski definition) is 7. The highest BCUT2D eigenvalue weighted by Crippen LogP contribution is 2.63. The summed E-state index contributed by atoms with van der Waals surface area (Å²) < 4.78 is 48.6. The average Bonchev–Trinajstić information content (AvgIpc) is 3.19. The van der Waals surface area contributed by atoms with Crippen LogP contribution in [0.25, 0.3) is 21.6 Å². The van der Waals surface area contributed by atoms with Crippen LogP contribution in [0.3, 0.4) is 0 Å². The molecular weight excluding hydrogens is 495 g/mol. The fourth-order valence-corrected chi connectivity index (χ4v) is 6.53. The van der Waals surface area contributed by atoms with Crippen LogP contribution in [0.15, 0.2) is 24.5 Å². The zero-order valence-electron chi connectivity index (χ0n) is 19.6. The van der Waals surface area contributed by atoms with E-state index in [2.05, 4.69) is 15.3 Å². The van der Waals surface area contributed by atoms with Gasteiger partial charge in [-0.05, 0) is 17.5 Å². The van der Waals surface area contributed by atoms with Gasteiger partial charge in [0, 0.05) is 35.9 Å². The lowest BCUT2D eigenvalue weighted by molar-refractivity contribution is -0.144. The number of imidazole rings is 1. The number of halogens is 3. The molecule has 0 spiro atoms. The predicted octanol–water partition coefficient (Wildman–Crippen LogP) is 3.31. The maximum absolute atomic E-state index is 13.6. The van der Waals surface area contributed by atoms with Gasteiger partial charge in [0.1, 0.15) is 5.82 Å². The third kappa shape index (κ3) is 3.73. The zero-order chi connectivity index (χ0) is 25.4. The third-order valence-corrected chi connectivity index (χ3v) is 8.52. The third-order valence-electron chi connectivity index (χ3n) is 7.38. The molecule has 0 radical (unpaired) electrons. The van der Waals surface area contributed by atoms with E-state index in [9.17, 15) is 22.8 Å². The molecule has 3 atom stereocenters. The Morgan fingerprint density at radius 1 is 1.25 bits per heavy atom. The monoisotopic (exact) mass is 519 g/mol. The maximum Gasteiger partial charge on any atom is 0.434 e. The van der Waals surface area contributed by atoms with Crippen molar-refractivity contribution in [1.82, 2.24) is 24.8 Å². The first kappa shape index (κ1) is 23.6. The lowest BCUT2D eigenvalue weighted by Crippen LogP contribution is -2.40. The highest BCUT2D eigenvalue weighted by molar-refractivity contribution is 7.19. The number of thiophene rings is 1. The summed E-state index contributed by atoms with van der Waals surface area (Å²) >= 11 is 1.31. The van der Waals surface area contributed by atoms with Crippen molar-refractivity contribution in [1.29, 1.82) is 0 Å². The number of carbonyl (C=O) groups excluding carboxylic acids is 2. The van der Waals surface area contributed by atoms with Crippen LogP contribution in [-0.2, 0) is 33.6 Å². The SMILES string of the molecule is CC1(C)C2C(=O)N(Cc3cc4nccc(-c5nc(C(F)(F)F)cn5C[C@@H]5CNCCO5)c4s3)C(=O)C21. The first-order valence-corrected chi connectivity index (χ1v) is 12.6. The lowest BCUT2D eigenvalue weighted by atomic mass is 10.1. The number of ether oxygens (including phenoxy) is 1. The van der Waals surface area contributed by atoms with Crippen LogP contribution in [-0.4, -0.2) is 57.0 Å². The topological polar surface area (TPSA) is 89.3 Å². The summed E-state index contributed by atoms with van der Waals surface area (Å²) in [6.45, 7) is 5.92. The molecule has 36 heavy (non-hydrogen) atoms. The van der Waals surface area contributed by atoms with Crippen LogP contribution in [0.2, 0.25) is 0 Å². The molecule has 1 saturated carbocycles. The Balaban J connectivity index is 1.34. The van der Waals surface area contributed by atoms with Crippen molar-refractivity contribution >= 4 is 33.4 Å². The van der Waals surface area contributed by atoms with Crippen molar-refractivity contribution in [2.75, 3.05) is 19.7 Å². The quantitative estimate of drug-likeness (QED) is 0.521. The molecule has 6 rings (SSSR count). The number of fused-ring (bicyclic) bond motifs is 2. The van der Waals surface area contributed by atoms with Crippen molar-refractivity contribution in [2.45, 2.75) is 39.2 Å². The molecule has 3 fully saturated rings. The van der Waals surface area contributed by atoms with Crippen LogP contribution in [0.1, 0.15) is 24.4 Å². The van der Waals surface area contributed by atoms with Gasteiger partial charge in [-0.1, -0.05) is 13.8 Å². The Bertz CT molecular complexity index is 1350. The molecule has 1 aliphatic carbocycles. The highest BCUT2D eigenvalue weighted by atomic mass is 32.1. The number of hydrogen-bond donors (Lipinski definition) is 1. The summed E-state index contributed by atoms with van der Waals surface area (Å²) in [6.07, 6.45) is -2.33. The van der Waals surface area contributed by atoms with Gasteiger partial charge in [-0.15, -0.1) is 11.3 Å². The second kappa shape index (κ2) is 8.09. The Labute approximate surface area is 208 Å². The number of amides is 2. The number of nitrogens with one attached hydrogen (secondary N) is 1. The van der Waals surface area contributed by atoms with Gasteiger partial charge in [-0.25, -0.2) is 4.98 Å². The van der Waals surface area contributed by atoms with Crippen LogP contribution >= 0.6 is 11.3 Å². The maximum atomic E-state index is 13.6. The fraction of sp³-hybridized carbons (Fsp3) is 0.500. The number of alkyl halides is 3. The van der Waals surface area contributed by atoms with Gasteiger partial charge in [0.15, 0.2) is 5.69 Å². The van der Waals surface area contributed by atoms with Gasteiger partial charge >= 0.3 is 6.18 Å². The molecule has 5 heterocycles. The lowest BCUT2D eigenvalue weighted by Gasteiger charge is -2.24. The van der Waals surface area contributed by atoms with E-state index in [0.717, 1.165) is 11.1 Å². The summed E-state index contributed by atoms with van der Waals surface area (Å²) in [5.41, 5.74) is -0.169. The molecule has 1 N–H and O–H groups in total. The summed E-state index contributed by atoms with van der Waals surface area (Å²) in [7, 11) is 0. The molecule has 3 aromatic heterocycles.